The molecule has 0 fully saturated rings. The van der Waals surface area contributed by atoms with E-state index in [2.05, 4.69) is 20.2 Å². The fourth-order valence-electron chi connectivity index (χ4n) is 3.21. The summed E-state index contributed by atoms with van der Waals surface area (Å²) < 4.78 is 5.78. The molecule has 5 rings (SSSR count). The van der Waals surface area contributed by atoms with Crippen molar-refractivity contribution in [2.24, 2.45) is 0 Å². The summed E-state index contributed by atoms with van der Waals surface area (Å²) in [6.07, 6.45) is 0. The van der Waals surface area contributed by atoms with Gasteiger partial charge < -0.3 is 9.40 Å². The maximum Gasteiger partial charge on any atom is 0.277 e. The number of nitrogens with zero attached hydrogens (tertiary/aromatic N) is 3. The van der Waals surface area contributed by atoms with Crippen molar-refractivity contribution in [3.8, 4) is 22.6 Å². The van der Waals surface area contributed by atoms with Gasteiger partial charge in [0.05, 0.1) is 11.1 Å². The van der Waals surface area contributed by atoms with E-state index in [4.69, 9.17) is 4.42 Å². The van der Waals surface area contributed by atoms with Crippen LogP contribution in [0.5, 0.6) is 0 Å². The third kappa shape index (κ3) is 3.55. The van der Waals surface area contributed by atoms with Crippen LogP contribution in [-0.4, -0.2) is 20.2 Å². The molecule has 0 unspecified atom stereocenters. The summed E-state index contributed by atoms with van der Waals surface area (Å²) in [6.45, 7) is 2.00. The van der Waals surface area contributed by atoms with Gasteiger partial charge in [-0.1, -0.05) is 60.3 Å². The van der Waals surface area contributed by atoms with Crippen molar-refractivity contribution in [2.45, 2.75) is 17.9 Å². The smallest absolute Gasteiger partial charge is 0.277 e. The average molecular weight is 433 g/mol. The molecule has 6 nitrogen and oxygen atoms in total. The number of aromatic nitrogens is 4. The van der Waals surface area contributed by atoms with Gasteiger partial charge in [-0.15, -0.1) is 21.5 Å². The van der Waals surface area contributed by atoms with E-state index in [1.54, 1.807) is 0 Å². The van der Waals surface area contributed by atoms with Crippen LogP contribution in [0.3, 0.4) is 0 Å². The highest BCUT2D eigenvalue weighted by Crippen LogP contribution is 2.31. The van der Waals surface area contributed by atoms with Crippen molar-refractivity contribution >= 4 is 33.3 Å². The first-order valence-corrected chi connectivity index (χ1v) is 11.1. The first-order valence-electron chi connectivity index (χ1n) is 9.27. The lowest BCUT2D eigenvalue weighted by molar-refractivity contribution is 0.465. The highest BCUT2D eigenvalue weighted by atomic mass is 32.2. The van der Waals surface area contributed by atoms with Crippen LogP contribution in [0.2, 0.25) is 0 Å². The molecule has 0 aliphatic heterocycles. The Morgan fingerprint density at radius 1 is 1.03 bits per heavy atom. The Hall–Kier alpha value is -3.23. The summed E-state index contributed by atoms with van der Waals surface area (Å²) >= 11 is 2.82. The zero-order chi connectivity index (χ0) is 20.5. The molecule has 0 aliphatic carbocycles. The van der Waals surface area contributed by atoms with Gasteiger partial charge in [-0.2, -0.15) is 0 Å². The van der Waals surface area contributed by atoms with Crippen molar-refractivity contribution in [3.63, 3.8) is 0 Å². The second-order valence-corrected chi connectivity index (χ2v) is 8.47. The van der Waals surface area contributed by atoms with Crippen molar-refractivity contribution in [1.82, 2.24) is 20.2 Å². The van der Waals surface area contributed by atoms with E-state index in [-0.39, 0.29) is 5.56 Å². The van der Waals surface area contributed by atoms with Gasteiger partial charge in [-0.3, -0.25) is 4.79 Å². The van der Waals surface area contributed by atoms with Gasteiger partial charge in [0.2, 0.25) is 5.89 Å². The Morgan fingerprint density at radius 2 is 1.83 bits per heavy atom. The van der Waals surface area contributed by atoms with E-state index in [0.29, 0.717) is 28.1 Å². The fraction of sp³-hybridized carbons (Fsp3) is 0.0909. The number of aromatic amines is 1. The lowest BCUT2D eigenvalue weighted by Crippen LogP contribution is -2.10. The van der Waals surface area contributed by atoms with E-state index in [1.807, 2.05) is 66.9 Å². The van der Waals surface area contributed by atoms with Crippen LogP contribution in [0.4, 0.5) is 0 Å². The SMILES string of the molecule is Cc1ccccc1-c1nnc(SCc2nc3scc(-c4ccccc4)c3c(=O)[nH]2)o1. The number of hydrogen-bond acceptors (Lipinski definition) is 7. The molecule has 3 heterocycles. The molecule has 148 valence electrons. The monoisotopic (exact) mass is 432 g/mol. The molecule has 8 heteroatoms. The minimum absolute atomic E-state index is 0.137. The van der Waals surface area contributed by atoms with E-state index in [1.165, 1.54) is 23.1 Å². The van der Waals surface area contributed by atoms with E-state index >= 15 is 0 Å². The molecule has 0 bridgehead atoms. The summed E-state index contributed by atoms with van der Waals surface area (Å²) in [5, 5.41) is 11.3. The predicted molar refractivity (Wildman–Crippen MR) is 120 cm³/mol. The molecular weight excluding hydrogens is 416 g/mol. The summed E-state index contributed by atoms with van der Waals surface area (Å²) in [5.74, 6) is 1.49. The molecule has 0 amide bonds. The average Bonchev–Trinajstić information content (AvgIpc) is 3.41. The Bertz CT molecular complexity index is 1390. The summed E-state index contributed by atoms with van der Waals surface area (Å²) in [5.41, 5.74) is 3.76. The normalized spacial score (nSPS) is 11.2. The number of rotatable bonds is 5. The van der Waals surface area contributed by atoms with Crippen LogP contribution in [0, 0.1) is 6.92 Å². The number of H-pyrrole nitrogens is 1. The highest BCUT2D eigenvalue weighted by Gasteiger charge is 2.15. The Kier molecular flexibility index (Phi) is 4.94. The van der Waals surface area contributed by atoms with E-state index in [9.17, 15) is 4.79 Å². The van der Waals surface area contributed by atoms with Gasteiger partial charge in [-0.25, -0.2) is 4.98 Å². The molecule has 0 spiro atoms. The third-order valence-electron chi connectivity index (χ3n) is 4.69. The zero-order valence-corrected chi connectivity index (χ0v) is 17.6. The molecule has 5 aromatic rings. The van der Waals surface area contributed by atoms with Crippen LogP contribution in [0.15, 0.2) is 74.4 Å². The minimum Gasteiger partial charge on any atom is -0.411 e. The molecule has 1 N–H and O–H groups in total. The van der Waals surface area contributed by atoms with Gasteiger partial charge in [0, 0.05) is 16.5 Å². The Labute approximate surface area is 180 Å². The lowest BCUT2D eigenvalue weighted by Gasteiger charge is -2.01. The second-order valence-electron chi connectivity index (χ2n) is 6.68. The van der Waals surface area contributed by atoms with Gasteiger partial charge >= 0.3 is 0 Å². The standard InChI is InChI=1S/C22H16N4O2S2/c1-13-7-5-6-10-15(13)20-25-26-22(28-20)30-12-17-23-19(27)18-16(11-29-21(18)24-17)14-8-3-2-4-9-14/h2-11H,12H2,1H3,(H,23,24,27). The number of fused-ring (bicyclic) bond motifs is 1. The molecule has 3 aromatic heterocycles. The maximum absolute atomic E-state index is 12.7. The van der Waals surface area contributed by atoms with Crippen LogP contribution in [0.25, 0.3) is 32.8 Å². The highest BCUT2D eigenvalue weighted by molar-refractivity contribution is 7.98. The Morgan fingerprint density at radius 3 is 2.67 bits per heavy atom. The summed E-state index contributed by atoms with van der Waals surface area (Å²) in [4.78, 5) is 21.0. The van der Waals surface area contributed by atoms with Crippen molar-refractivity contribution in [3.05, 3.63) is 81.7 Å². The molecule has 0 saturated carbocycles. The lowest BCUT2D eigenvalue weighted by atomic mass is 10.1. The summed E-state index contributed by atoms with van der Waals surface area (Å²) in [6, 6.07) is 17.7. The van der Waals surface area contributed by atoms with Crippen LogP contribution in [0.1, 0.15) is 11.4 Å². The number of hydrogen-bond donors (Lipinski definition) is 1. The maximum atomic E-state index is 12.7. The number of benzene rings is 2. The quantitative estimate of drug-likeness (QED) is 0.379. The van der Waals surface area contributed by atoms with Crippen LogP contribution in [-0.2, 0) is 5.75 Å². The summed E-state index contributed by atoms with van der Waals surface area (Å²) in [7, 11) is 0. The van der Waals surface area contributed by atoms with Crippen molar-refractivity contribution in [1.29, 1.82) is 0 Å². The minimum atomic E-state index is -0.137. The number of thiophene rings is 1. The van der Waals surface area contributed by atoms with Gasteiger partial charge in [0.25, 0.3) is 10.8 Å². The molecule has 30 heavy (non-hydrogen) atoms. The van der Waals surface area contributed by atoms with Crippen molar-refractivity contribution < 1.29 is 4.42 Å². The largest absolute Gasteiger partial charge is 0.411 e. The third-order valence-corrected chi connectivity index (χ3v) is 6.39. The number of thioether (sulfide) groups is 1. The second kappa shape index (κ2) is 7.89. The first-order chi connectivity index (χ1) is 14.7. The molecular formula is C22H16N4O2S2. The molecule has 0 radical (unpaired) electrons. The van der Waals surface area contributed by atoms with Crippen molar-refractivity contribution in [2.75, 3.05) is 0 Å². The Balaban J connectivity index is 1.38. The molecule has 0 atom stereocenters. The fourth-order valence-corrected chi connectivity index (χ4v) is 4.81. The zero-order valence-electron chi connectivity index (χ0n) is 16.0. The van der Waals surface area contributed by atoms with E-state index in [0.717, 1.165) is 27.1 Å². The topological polar surface area (TPSA) is 84.7 Å². The van der Waals surface area contributed by atoms with Gasteiger partial charge in [-0.05, 0) is 24.1 Å². The van der Waals surface area contributed by atoms with Crippen LogP contribution >= 0.6 is 23.1 Å². The first kappa shape index (κ1) is 18.8. The van der Waals surface area contributed by atoms with E-state index < -0.39 is 0 Å². The van der Waals surface area contributed by atoms with Gasteiger partial charge in [0.15, 0.2) is 0 Å². The molecule has 0 aliphatic rings. The number of aryl methyl sites for hydroxylation is 1. The molecule has 0 saturated heterocycles. The van der Waals surface area contributed by atoms with Gasteiger partial charge in [0.1, 0.15) is 10.7 Å². The number of nitrogens with one attached hydrogen (secondary N) is 1. The predicted octanol–water partition coefficient (Wildman–Crippen LogP) is 5.30. The van der Waals surface area contributed by atoms with Crippen LogP contribution < -0.4 is 5.56 Å². The molecule has 2 aromatic carbocycles.